The average molecular weight is 373 g/mol. The van der Waals surface area contributed by atoms with Crippen LogP contribution in [0.4, 0.5) is 4.39 Å². The first kappa shape index (κ1) is 19.9. The highest BCUT2D eigenvalue weighted by Gasteiger charge is 2.38. The number of nitrogens with one attached hydrogen (secondary N) is 2. The molecule has 1 aliphatic heterocycles. The first-order chi connectivity index (χ1) is 11.6. The van der Waals surface area contributed by atoms with Crippen LogP contribution < -0.4 is 15.4 Å². The second-order valence-corrected chi connectivity index (χ2v) is 6.77. The number of benzene rings is 1. The predicted molar refractivity (Wildman–Crippen MR) is 95.4 cm³/mol. The van der Waals surface area contributed by atoms with Gasteiger partial charge in [0.1, 0.15) is 24.3 Å². The van der Waals surface area contributed by atoms with Gasteiger partial charge in [-0.1, -0.05) is 12.8 Å². The van der Waals surface area contributed by atoms with Gasteiger partial charge in [0.25, 0.3) is 0 Å². The third-order valence-corrected chi connectivity index (χ3v) is 4.95. The molecule has 4 unspecified atom stereocenters. The van der Waals surface area contributed by atoms with Crippen LogP contribution in [0.1, 0.15) is 32.1 Å². The fourth-order valence-electron chi connectivity index (χ4n) is 3.64. The number of fused-ring (bicyclic) bond motifs is 1. The van der Waals surface area contributed by atoms with Gasteiger partial charge in [0.05, 0.1) is 6.04 Å². The Labute approximate surface area is 153 Å². The van der Waals surface area contributed by atoms with E-state index in [2.05, 4.69) is 10.6 Å². The molecule has 1 amide bonds. The molecular formula is C18H26ClFN2O3. The number of ether oxygens (including phenoxy) is 1. The van der Waals surface area contributed by atoms with E-state index in [-0.39, 0.29) is 43.3 Å². The number of halogens is 2. The lowest BCUT2D eigenvalue weighted by molar-refractivity contribution is -0.123. The van der Waals surface area contributed by atoms with E-state index < -0.39 is 6.10 Å². The molecule has 1 saturated heterocycles. The highest BCUT2D eigenvalue weighted by molar-refractivity contribution is 5.85. The molecule has 140 valence electrons. The maximum Gasteiger partial charge on any atom is 0.237 e. The van der Waals surface area contributed by atoms with E-state index in [1.54, 1.807) is 0 Å². The molecule has 2 fully saturated rings. The molecule has 0 aromatic heterocycles. The maximum atomic E-state index is 12.8. The Morgan fingerprint density at radius 3 is 2.76 bits per heavy atom. The van der Waals surface area contributed by atoms with E-state index in [4.69, 9.17) is 4.74 Å². The zero-order valence-electron chi connectivity index (χ0n) is 14.1. The predicted octanol–water partition coefficient (Wildman–Crippen LogP) is 2.02. The second kappa shape index (κ2) is 9.36. The van der Waals surface area contributed by atoms with Crippen LogP contribution in [0.25, 0.3) is 0 Å². The molecule has 25 heavy (non-hydrogen) atoms. The minimum absolute atomic E-state index is 0. The number of rotatable bonds is 6. The van der Waals surface area contributed by atoms with Gasteiger partial charge in [-0.3, -0.25) is 4.79 Å². The van der Waals surface area contributed by atoms with Gasteiger partial charge in [0, 0.05) is 12.6 Å². The number of amides is 1. The van der Waals surface area contributed by atoms with E-state index in [0.717, 1.165) is 12.8 Å². The molecule has 0 radical (unpaired) electrons. The number of carbonyl (C=O) groups is 1. The van der Waals surface area contributed by atoms with Crippen molar-refractivity contribution in [1.29, 1.82) is 0 Å². The van der Waals surface area contributed by atoms with Crippen LogP contribution in [0.3, 0.4) is 0 Å². The van der Waals surface area contributed by atoms with Gasteiger partial charge in [-0.2, -0.15) is 0 Å². The first-order valence-electron chi connectivity index (χ1n) is 8.72. The molecule has 3 N–H and O–H groups in total. The molecule has 1 aliphatic carbocycles. The average Bonchev–Trinajstić information content (AvgIpc) is 3.03. The summed E-state index contributed by atoms with van der Waals surface area (Å²) in [6, 6.07) is 5.93. The summed E-state index contributed by atoms with van der Waals surface area (Å²) in [6.07, 6.45) is 4.94. The molecule has 0 bridgehead atoms. The van der Waals surface area contributed by atoms with Crippen molar-refractivity contribution in [1.82, 2.24) is 10.6 Å². The molecule has 2 aliphatic rings. The summed E-state index contributed by atoms with van der Waals surface area (Å²) in [5, 5.41) is 16.1. The van der Waals surface area contributed by atoms with Crippen molar-refractivity contribution in [2.45, 2.75) is 50.3 Å². The Kier molecular flexibility index (Phi) is 7.47. The van der Waals surface area contributed by atoms with E-state index >= 15 is 0 Å². The van der Waals surface area contributed by atoms with Crippen LogP contribution >= 0.6 is 12.4 Å². The molecule has 1 heterocycles. The van der Waals surface area contributed by atoms with Crippen molar-refractivity contribution in [3.63, 3.8) is 0 Å². The summed E-state index contributed by atoms with van der Waals surface area (Å²) < 4.78 is 18.2. The zero-order chi connectivity index (χ0) is 16.9. The van der Waals surface area contributed by atoms with Crippen LogP contribution in [0.2, 0.25) is 0 Å². The molecular weight excluding hydrogens is 347 g/mol. The number of aliphatic hydroxyl groups excluding tert-OH is 1. The highest BCUT2D eigenvalue weighted by atomic mass is 35.5. The van der Waals surface area contributed by atoms with Gasteiger partial charge in [0.15, 0.2) is 0 Å². The summed E-state index contributed by atoms with van der Waals surface area (Å²) in [5.74, 6) is 0.717. The summed E-state index contributed by atoms with van der Waals surface area (Å²) in [7, 11) is 0. The van der Waals surface area contributed by atoms with Crippen LogP contribution in [0, 0.1) is 11.7 Å². The van der Waals surface area contributed by atoms with E-state index in [1.165, 1.54) is 43.5 Å². The molecule has 7 heteroatoms. The Balaban J connectivity index is 0.00000225. The third-order valence-electron chi connectivity index (χ3n) is 4.95. The largest absolute Gasteiger partial charge is 0.491 e. The second-order valence-electron chi connectivity index (χ2n) is 6.77. The van der Waals surface area contributed by atoms with Crippen LogP contribution in [0.15, 0.2) is 24.3 Å². The summed E-state index contributed by atoms with van der Waals surface area (Å²) in [6.45, 7) is 0.197. The zero-order valence-corrected chi connectivity index (χ0v) is 14.9. The molecule has 4 atom stereocenters. The molecule has 0 spiro atoms. The molecule has 1 saturated carbocycles. The first-order valence-corrected chi connectivity index (χ1v) is 8.72. The van der Waals surface area contributed by atoms with Crippen LogP contribution in [-0.4, -0.2) is 42.4 Å². The standard InChI is InChI=1S/C18H25FN2O3.ClH/c19-13-5-7-15(8-6-13)24-11-14(22)10-20-18(23)17-9-12-3-1-2-4-16(12)21-17;/h5-8,12,14,16-17,21-22H,1-4,9-11H2,(H,20,23);1H. The van der Waals surface area contributed by atoms with E-state index in [9.17, 15) is 14.3 Å². The van der Waals surface area contributed by atoms with Gasteiger partial charge in [0.2, 0.25) is 5.91 Å². The van der Waals surface area contributed by atoms with Crippen molar-refractivity contribution in [2.75, 3.05) is 13.2 Å². The molecule has 1 aromatic rings. The molecule has 3 rings (SSSR count). The van der Waals surface area contributed by atoms with Crippen molar-refractivity contribution in [2.24, 2.45) is 5.92 Å². The molecule has 5 nitrogen and oxygen atoms in total. The normalized spacial score (nSPS) is 26.2. The number of hydrogen-bond donors (Lipinski definition) is 3. The fourth-order valence-corrected chi connectivity index (χ4v) is 3.64. The smallest absolute Gasteiger partial charge is 0.237 e. The van der Waals surface area contributed by atoms with Crippen LogP contribution in [0.5, 0.6) is 5.75 Å². The fraction of sp³-hybridized carbons (Fsp3) is 0.611. The van der Waals surface area contributed by atoms with Crippen molar-refractivity contribution in [3.8, 4) is 5.75 Å². The highest BCUT2D eigenvalue weighted by Crippen LogP contribution is 2.33. The lowest BCUT2D eigenvalue weighted by atomic mass is 9.85. The number of aliphatic hydroxyl groups is 1. The number of hydrogen-bond acceptors (Lipinski definition) is 4. The monoisotopic (exact) mass is 372 g/mol. The topological polar surface area (TPSA) is 70.6 Å². The summed E-state index contributed by atoms with van der Waals surface area (Å²) in [5.41, 5.74) is 0. The molecule has 1 aromatic carbocycles. The van der Waals surface area contributed by atoms with Gasteiger partial charge in [-0.25, -0.2) is 4.39 Å². The van der Waals surface area contributed by atoms with Crippen LogP contribution in [-0.2, 0) is 4.79 Å². The number of carbonyl (C=O) groups excluding carboxylic acids is 1. The summed E-state index contributed by atoms with van der Waals surface area (Å²) in [4.78, 5) is 12.2. The maximum absolute atomic E-state index is 12.8. The Morgan fingerprint density at radius 2 is 2.04 bits per heavy atom. The van der Waals surface area contributed by atoms with Crippen molar-refractivity contribution in [3.05, 3.63) is 30.1 Å². The SMILES string of the molecule is Cl.O=C(NCC(O)COc1ccc(F)cc1)C1CC2CCCCC2N1. The minimum Gasteiger partial charge on any atom is -0.491 e. The van der Waals surface area contributed by atoms with Gasteiger partial charge in [-0.15, -0.1) is 12.4 Å². The van der Waals surface area contributed by atoms with E-state index in [0.29, 0.717) is 17.7 Å². The van der Waals surface area contributed by atoms with Crippen molar-refractivity contribution < 1.29 is 19.0 Å². The Morgan fingerprint density at radius 1 is 1.32 bits per heavy atom. The van der Waals surface area contributed by atoms with Gasteiger partial charge in [-0.05, 0) is 49.4 Å². The lowest BCUT2D eigenvalue weighted by Crippen LogP contribution is -2.45. The van der Waals surface area contributed by atoms with Gasteiger partial charge < -0.3 is 20.5 Å². The third kappa shape index (κ3) is 5.56. The van der Waals surface area contributed by atoms with Gasteiger partial charge >= 0.3 is 0 Å². The Bertz CT molecular complexity index is 544. The van der Waals surface area contributed by atoms with E-state index in [1.807, 2.05) is 0 Å². The summed E-state index contributed by atoms with van der Waals surface area (Å²) >= 11 is 0. The van der Waals surface area contributed by atoms with Crippen molar-refractivity contribution >= 4 is 18.3 Å². The Hall–Kier alpha value is -1.37. The lowest BCUT2D eigenvalue weighted by Gasteiger charge is -2.24. The minimum atomic E-state index is -0.803. The quantitative estimate of drug-likeness (QED) is 0.714.